The van der Waals surface area contributed by atoms with Gasteiger partial charge in [0.25, 0.3) is 0 Å². The van der Waals surface area contributed by atoms with Gasteiger partial charge in [-0.1, -0.05) is 58.3 Å². The maximum Gasteiger partial charge on any atom is 0.322 e. The normalized spacial score (nSPS) is 11.8. The van der Waals surface area contributed by atoms with Crippen molar-refractivity contribution in [3.63, 3.8) is 0 Å². The zero-order valence-corrected chi connectivity index (χ0v) is 24.4. The molecule has 2 atom stereocenters. The second kappa shape index (κ2) is 27.3. The van der Waals surface area contributed by atoms with E-state index in [2.05, 4.69) is 27.3 Å². The summed E-state index contributed by atoms with van der Waals surface area (Å²) in [5.41, 5.74) is 16.4. The van der Waals surface area contributed by atoms with Crippen LogP contribution in [0.3, 0.4) is 0 Å². The van der Waals surface area contributed by atoms with E-state index in [1.54, 1.807) is 0 Å². The molecule has 37 heavy (non-hydrogen) atoms. The van der Waals surface area contributed by atoms with Gasteiger partial charge in [0.1, 0.15) is 12.1 Å². The minimum absolute atomic E-state index is 0. The summed E-state index contributed by atoms with van der Waals surface area (Å²) in [7, 11) is 1.31. The van der Waals surface area contributed by atoms with Crippen LogP contribution in [0.4, 0.5) is 0 Å². The van der Waals surface area contributed by atoms with Gasteiger partial charge in [-0.15, -0.1) is 24.8 Å². The highest BCUT2D eigenvalue weighted by molar-refractivity contribution is 5.87. The number of carbonyl (C=O) groups excluding carboxylic acids is 3. The van der Waals surface area contributed by atoms with Gasteiger partial charge >= 0.3 is 5.97 Å². The second-order valence-corrected chi connectivity index (χ2v) is 9.06. The van der Waals surface area contributed by atoms with Crippen LogP contribution in [0.25, 0.3) is 0 Å². The van der Waals surface area contributed by atoms with Crippen LogP contribution in [0.2, 0.25) is 0 Å². The lowest BCUT2D eigenvalue weighted by Crippen LogP contribution is -2.47. The van der Waals surface area contributed by atoms with Crippen LogP contribution in [0.15, 0.2) is 4.99 Å². The summed E-state index contributed by atoms with van der Waals surface area (Å²) >= 11 is 0. The summed E-state index contributed by atoms with van der Waals surface area (Å²) in [5.74, 6) is -0.776. The van der Waals surface area contributed by atoms with Crippen LogP contribution < -0.4 is 27.8 Å². The number of methoxy groups -OCH3 is 1. The Morgan fingerprint density at radius 3 is 2.00 bits per heavy atom. The minimum Gasteiger partial charge on any atom is -0.468 e. The van der Waals surface area contributed by atoms with E-state index < -0.39 is 18.1 Å². The molecule has 0 aliphatic heterocycles. The maximum atomic E-state index is 12.7. The van der Waals surface area contributed by atoms with Gasteiger partial charge in [-0.3, -0.25) is 19.4 Å². The maximum absolute atomic E-state index is 12.7. The van der Waals surface area contributed by atoms with Gasteiger partial charge in [-0.2, -0.15) is 0 Å². The predicted octanol–water partition coefficient (Wildman–Crippen LogP) is 3.08. The van der Waals surface area contributed by atoms with E-state index in [4.69, 9.17) is 17.2 Å². The van der Waals surface area contributed by atoms with Gasteiger partial charge in [0.2, 0.25) is 11.8 Å². The first-order valence-corrected chi connectivity index (χ1v) is 13.3. The van der Waals surface area contributed by atoms with Crippen molar-refractivity contribution in [3.05, 3.63) is 0 Å². The van der Waals surface area contributed by atoms with E-state index in [-0.39, 0.29) is 42.6 Å². The van der Waals surface area contributed by atoms with E-state index in [1.807, 2.05) is 0 Å². The topological polar surface area (TPSA) is 175 Å². The molecule has 0 aromatic rings. The van der Waals surface area contributed by atoms with Crippen molar-refractivity contribution in [1.82, 2.24) is 10.6 Å². The lowest BCUT2D eigenvalue weighted by Gasteiger charge is -2.18. The number of halogens is 2. The Hall–Kier alpha value is -1.78. The molecule has 0 fully saturated rings. The van der Waals surface area contributed by atoms with E-state index in [9.17, 15) is 14.4 Å². The zero-order chi connectivity index (χ0) is 26.3. The van der Waals surface area contributed by atoms with Crippen LogP contribution >= 0.6 is 24.8 Å². The van der Waals surface area contributed by atoms with Crippen molar-refractivity contribution < 1.29 is 19.1 Å². The second-order valence-electron chi connectivity index (χ2n) is 9.06. The number of nitrogens with zero attached hydrogens (tertiary/aromatic N) is 1. The number of ether oxygens (including phenoxy) is 1. The molecule has 8 N–H and O–H groups in total. The monoisotopic (exact) mass is 570 g/mol. The van der Waals surface area contributed by atoms with Gasteiger partial charge < -0.3 is 32.6 Å². The van der Waals surface area contributed by atoms with Gasteiger partial charge in [-0.05, 0) is 38.5 Å². The number of aliphatic imine (C=N–C) groups is 1. The molecule has 0 aromatic carbocycles. The Balaban J connectivity index is -0.00000578. The van der Waals surface area contributed by atoms with Crippen molar-refractivity contribution in [2.24, 2.45) is 22.2 Å². The molecule has 220 valence electrons. The van der Waals surface area contributed by atoms with Gasteiger partial charge in [0.15, 0.2) is 5.96 Å². The highest BCUT2D eigenvalue weighted by Crippen LogP contribution is 2.11. The largest absolute Gasteiger partial charge is 0.468 e. The fraction of sp³-hybridized carbons (Fsp3) is 0.840. The third-order valence-corrected chi connectivity index (χ3v) is 5.85. The average Bonchev–Trinajstić information content (AvgIpc) is 2.83. The third-order valence-electron chi connectivity index (χ3n) is 5.85. The Kier molecular flexibility index (Phi) is 29.3. The van der Waals surface area contributed by atoms with Gasteiger partial charge in [0.05, 0.1) is 7.11 Å². The number of hydrogen-bond acceptors (Lipinski definition) is 6. The molecule has 10 nitrogen and oxygen atoms in total. The molecule has 0 rings (SSSR count). The predicted molar refractivity (Wildman–Crippen MR) is 155 cm³/mol. The smallest absolute Gasteiger partial charge is 0.322 e. The molecule has 0 saturated heterocycles. The summed E-state index contributed by atoms with van der Waals surface area (Å²) in [5, 5.41) is 5.73. The summed E-state index contributed by atoms with van der Waals surface area (Å²) in [6.45, 7) is 3.05. The Labute approximate surface area is 235 Å². The molecule has 2 amide bonds. The Morgan fingerprint density at radius 2 is 1.43 bits per heavy atom. The Bertz CT molecular complexity index is 622. The minimum atomic E-state index is -0.653. The number of nitrogens with two attached hydrogens (primary N) is 3. The van der Waals surface area contributed by atoms with E-state index in [0.29, 0.717) is 51.6 Å². The molecule has 0 heterocycles. The number of nitrogens with one attached hydrogen (secondary N) is 2. The molecule has 0 saturated carbocycles. The molecule has 0 spiro atoms. The lowest BCUT2D eigenvalue weighted by atomic mass is 10.1. The number of unbranched alkanes of at least 4 members (excludes halogenated alkanes) is 9. The van der Waals surface area contributed by atoms with Crippen molar-refractivity contribution in [2.75, 3.05) is 20.2 Å². The summed E-state index contributed by atoms with van der Waals surface area (Å²) in [4.78, 5) is 40.4. The summed E-state index contributed by atoms with van der Waals surface area (Å²) in [6, 6.07) is -1.29. The molecular weight excluding hydrogens is 519 g/mol. The Morgan fingerprint density at radius 1 is 0.838 bits per heavy atom. The van der Waals surface area contributed by atoms with Gasteiger partial charge in [-0.25, -0.2) is 0 Å². The number of hydrogen-bond donors (Lipinski definition) is 5. The number of carbonyl (C=O) groups is 3. The molecular formula is C25H52Cl2N6O4. The molecule has 0 aliphatic rings. The molecule has 0 bridgehead atoms. The van der Waals surface area contributed by atoms with Crippen molar-refractivity contribution >= 4 is 48.6 Å². The first-order valence-electron chi connectivity index (χ1n) is 13.3. The quantitative estimate of drug-likeness (QED) is 0.0574. The van der Waals surface area contributed by atoms with Crippen molar-refractivity contribution in [1.29, 1.82) is 0 Å². The molecule has 0 radical (unpaired) electrons. The van der Waals surface area contributed by atoms with Crippen molar-refractivity contribution in [3.8, 4) is 0 Å². The van der Waals surface area contributed by atoms with E-state index >= 15 is 0 Å². The van der Waals surface area contributed by atoms with Crippen LogP contribution in [0.5, 0.6) is 0 Å². The highest BCUT2D eigenvalue weighted by atomic mass is 35.5. The fourth-order valence-corrected chi connectivity index (χ4v) is 3.73. The standard InChI is InChI=1S/C25H50N6O4.2ClH/c1-3-4-5-6-7-8-9-10-11-17-22(32)31-21(16-14-19-30-25(27)28)23(33)29-18-13-12-15-20(26)24(34)35-2;;/h20-21H,3-19,26H2,1-2H3,(H,29,33)(H,31,32)(H4,27,28,30);2*1H/t20-,21-;;/m0../s1. The van der Waals surface area contributed by atoms with Crippen LogP contribution in [-0.4, -0.2) is 56.0 Å². The molecule has 0 aliphatic carbocycles. The van der Waals surface area contributed by atoms with Crippen LogP contribution in [-0.2, 0) is 19.1 Å². The number of rotatable bonds is 22. The van der Waals surface area contributed by atoms with Gasteiger partial charge in [0, 0.05) is 19.5 Å². The highest BCUT2D eigenvalue weighted by Gasteiger charge is 2.20. The summed E-state index contributed by atoms with van der Waals surface area (Å²) < 4.78 is 4.60. The van der Waals surface area contributed by atoms with E-state index in [1.165, 1.54) is 45.6 Å². The lowest BCUT2D eigenvalue weighted by molar-refractivity contribution is -0.142. The summed E-state index contributed by atoms with van der Waals surface area (Å²) in [6.07, 6.45) is 13.9. The number of esters is 1. The SMILES string of the molecule is CCCCCCCCCCCC(=O)N[C@@H](CCCN=C(N)N)C(=O)NCCCC[C@H](N)C(=O)OC.Cl.Cl. The number of guanidine groups is 1. The first kappa shape index (κ1) is 39.7. The van der Waals surface area contributed by atoms with E-state index in [0.717, 1.165) is 19.3 Å². The molecule has 0 unspecified atom stereocenters. The average molecular weight is 572 g/mol. The van der Waals surface area contributed by atoms with Crippen LogP contribution in [0.1, 0.15) is 103 Å². The number of amides is 2. The zero-order valence-electron chi connectivity index (χ0n) is 22.8. The third kappa shape index (κ3) is 24.3. The van der Waals surface area contributed by atoms with Crippen molar-refractivity contribution in [2.45, 2.75) is 115 Å². The first-order chi connectivity index (χ1) is 16.8. The van der Waals surface area contributed by atoms with Crippen LogP contribution in [0, 0.1) is 0 Å². The molecule has 12 heteroatoms. The fourth-order valence-electron chi connectivity index (χ4n) is 3.73. The molecule has 0 aromatic heterocycles.